The van der Waals surface area contributed by atoms with Gasteiger partial charge in [0.25, 0.3) is 5.56 Å². The normalized spacial score (nSPS) is 12.0. The number of aromatic amines is 1. The summed E-state index contributed by atoms with van der Waals surface area (Å²) in [6.07, 6.45) is 6.32. The van der Waals surface area contributed by atoms with Crippen molar-refractivity contribution in [2.24, 2.45) is 5.73 Å². The van der Waals surface area contributed by atoms with E-state index in [1.807, 2.05) is 0 Å². The number of benzene rings is 1. The third kappa shape index (κ3) is 4.80. The smallest absolute Gasteiger partial charge is 0.260 e. The fraction of sp³-hybridized carbons (Fsp3) is 0.286. The first-order valence-corrected chi connectivity index (χ1v) is 9.38. The highest BCUT2D eigenvalue weighted by Crippen LogP contribution is 2.28. The van der Waals surface area contributed by atoms with Crippen molar-refractivity contribution in [3.63, 3.8) is 0 Å². The lowest BCUT2D eigenvalue weighted by Crippen LogP contribution is -2.30. The number of hydrogen-bond donors (Lipinski definition) is 3. The molecule has 0 fully saturated rings. The summed E-state index contributed by atoms with van der Waals surface area (Å²) in [5.41, 5.74) is 8.02. The molecule has 1 aromatic carbocycles. The Morgan fingerprint density at radius 1 is 1.14 bits per heavy atom. The number of nitrogens with two attached hydrogens (primary N) is 1. The van der Waals surface area contributed by atoms with E-state index in [-0.39, 0.29) is 17.4 Å². The minimum Gasteiger partial charge on any atom is -0.354 e. The monoisotopic (exact) mass is 381 g/mol. The van der Waals surface area contributed by atoms with Gasteiger partial charge in [0.1, 0.15) is 5.82 Å². The quantitative estimate of drug-likeness (QED) is 0.554. The highest BCUT2D eigenvalue weighted by molar-refractivity contribution is 5.80. The van der Waals surface area contributed by atoms with Crippen LogP contribution in [0, 0.1) is 5.82 Å². The molecule has 0 saturated heterocycles. The number of rotatable bonds is 8. The van der Waals surface area contributed by atoms with Crippen LogP contribution in [0.3, 0.4) is 0 Å². The minimum atomic E-state index is -0.363. The first-order valence-electron chi connectivity index (χ1n) is 9.38. The fourth-order valence-electron chi connectivity index (χ4n) is 2.96. The van der Waals surface area contributed by atoms with E-state index in [9.17, 15) is 9.18 Å². The van der Waals surface area contributed by atoms with Crippen molar-refractivity contribution < 1.29 is 4.39 Å². The number of unbranched alkanes of at least 4 members (excludes halogenated alkanes) is 1. The Balaban J connectivity index is 1.98. The fourth-order valence-corrected chi connectivity index (χ4v) is 2.96. The largest absolute Gasteiger partial charge is 0.354 e. The maximum atomic E-state index is 13.3. The number of hydrogen-bond acceptors (Lipinski definition) is 5. The van der Waals surface area contributed by atoms with Gasteiger partial charge in [-0.25, -0.2) is 9.37 Å². The van der Waals surface area contributed by atoms with Crippen molar-refractivity contribution in [1.29, 1.82) is 0 Å². The lowest BCUT2D eigenvalue weighted by molar-refractivity contribution is 0.594. The van der Waals surface area contributed by atoms with E-state index < -0.39 is 0 Å². The first-order chi connectivity index (χ1) is 13.6. The van der Waals surface area contributed by atoms with Crippen LogP contribution in [-0.4, -0.2) is 27.5 Å². The van der Waals surface area contributed by atoms with Crippen LogP contribution in [0.15, 0.2) is 53.6 Å². The molecule has 0 amide bonds. The lowest BCUT2D eigenvalue weighted by atomic mass is 10.0. The molecule has 0 saturated carbocycles. The first kappa shape index (κ1) is 19.7. The van der Waals surface area contributed by atoms with Crippen LogP contribution in [0.5, 0.6) is 0 Å². The van der Waals surface area contributed by atoms with E-state index in [0.717, 1.165) is 24.8 Å². The number of aromatic nitrogens is 3. The predicted molar refractivity (Wildman–Crippen MR) is 109 cm³/mol. The van der Waals surface area contributed by atoms with E-state index in [1.165, 1.54) is 12.1 Å². The van der Waals surface area contributed by atoms with Gasteiger partial charge in [0.15, 0.2) is 0 Å². The molecule has 146 valence electrons. The van der Waals surface area contributed by atoms with Gasteiger partial charge in [-0.1, -0.05) is 31.9 Å². The van der Waals surface area contributed by atoms with Crippen LogP contribution in [0.25, 0.3) is 22.4 Å². The molecule has 7 heteroatoms. The van der Waals surface area contributed by atoms with Gasteiger partial charge < -0.3 is 11.1 Å². The summed E-state index contributed by atoms with van der Waals surface area (Å²) in [5, 5.41) is 3.12. The van der Waals surface area contributed by atoms with Crippen molar-refractivity contribution in [1.82, 2.24) is 15.0 Å². The molecule has 0 spiro atoms. The average molecular weight is 381 g/mol. The molecule has 3 rings (SSSR count). The Morgan fingerprint density at radius 3 is 2.54 bits per heavy atom. The number of H-pyrrole nitrogens is 1. The maximum absolute atomic E-state index is 13.3. The molecule has 4 N–H and O–H groups in total. The van der Waals surface area contributed by atoms with Crippen LogP contribution >= 0.6 is 0 Å². The highest BCUT2D eigenvalue weighted by atomic mass is 19.1. The molecule has 0 aliphatic rings. The molecule has 0 bridgehead atoms. The van der Waals surface area contributed by atoms with Crippen LogP contribution in [0.2, 0.25) is 0 Å². The summed E-state index contributed by atoms with van der Waals surface area (Å²) in [5.74, 6) is -0.00688. The maximum Gasteiger partial charge on any atom is 0.260 e. The van der Waals surface area contributed by atoms with Crippen molar-refractivity contribution in [3.8, 4) is 22.4 Å². The summed E-state index contributed by atoms with van der Waals surface area (Å²) in [4.78, 5) is 24.3. The van der Waals surface area contributed by atoms with Crippen LogP contribution in [0.1, 0.15) is 26.2 Å². The third-order valence-electron chi connectivity index (χ3n) is 4.47. The van der Waals surface area contributed by atoms with Crippen molar-refractivity contribution >= 4 is 5.95 Å². The summed E-state index contributed by atoms with van der Waals surface area (Å²) in [6, 6.07) is 9.33. The van der Waals surface area contributed by atoms with Crippen molar-refractivity contribution in [3.05, 3.63) is 65.0 Å². The molecule has 1 atom stereocenters. The number of nitrogens with one attached hydrogen (secondary N) is 2. The van der Waals surface area contributed by atoms with E-state index in [0.29, 0.717) is 29.3 Å². The molecule has 2 heterocycles. The number of pyridine rings is 1. The average Bonchev–Trinajstić information content (AvgIpc) is 2.72. The Kier molecular flexibility index (Phi) is 6.49. The van der Waals surface area contributed by atoms with Gasteiger partial charge >= 0.3 is 0 Å². The standard InChI is InChI=1S/C21H24FN5O/c1-2-3-4-17(23)13-25-21-26-19(15-9-11-24-12-10-15)18(20(28)27-21)14-5-7-16(22)8-6-14/h5-12,17H,2-4,13,23H2,1H3,(H2,25,26,27,28). The summed E-state index contributed by atoms with van der Waals surface area (Å²) >= 11 is 0. The van der Waals surface area contributed by atoms with Crippen LogP contribution in [-0.2, 0) is 0 Å². The Morgan fingerprint density at radius 2 is 1.86 bits per heavy atom. The van der Waals surface area contributed by atoms with Crippen molar-refractivity contribution in [2.75, 3.05) is 11.9 Å². The van der Waals surface area contributed by atoms with Gasteiger partial charge in [-0.3, -0.25) is 14.8 Å². The highest BCUT2D eigenvalue weighted by Gasteiger charge is 2.16. The Bertz CT molecular complexity index is 957. The van der Waals surface area contributed by atoms with Gasteiger partial charge in [-0.05, 0) is 36.2 Å². The van der Waals surface area contributed by atoms with Gasteiger partial charge in [-0.2, -0.15) is 0 Å². The van der Waals surface area contributed by atoms with Gasteiger partial charge in [0, 0.05) is 30.5 Å². The topological polar surface area (TPSA) is 96.7 Å². The summed E-state index contributed by atoms with van der Waals surface area (Å²) in [7, 11) is 0. The molecule has 0 radical (unpaired) electrons. The predicted octanol–water partition coefficient (Wildman–Crippen LogP) is 3.57. The van der Waals surface area contributed by atoms with Gasteiger partial charge in [-0.15, -0.1) is 0 Å². The lowest BCUT2D eigenvalue weighted by Gasteiger charge is -2.15. The second-order valence-corrected chi connectivity index (χ2v) is 6.66. The molecule has 6 nitrogen and oxygen atoms in total. The molecule has 0 aliphatic carbocycles. The zero-order valence-electron chi connectivity index (χ0n) is 15.8. The van der Waals surface area contributed by atoms with Crippen LogP contribution < -0.4 is 16.6 Å². The molecular weight excluding hydrogens is 357 g/mol. The summed E-state index contributed by atoms with van der Waals surface area (Å²) in [6.45, 7) is 2.63. The second kappa shape index (κ2) is 9.23. The Hall–Kier alpha value is -3.06. The summed E-state index contributed by atoms with van der Waals surface area (Å²) < 4.78 is 13.3. The van der Waals surface area contributed by atoms with Crippen molar-refractivity contribution in [2.45, 2.75) is 32.2 Å². The molecule has 28 heavy (non-hydrogen) atoms. The second-order valence-electron chi connectivity index (χ2n) is 6.66. The zero-order valence-corrected chi connectivity index (χ0v) is 15.8. The van der Waals surface area contributed by atoms with E-state index in [1.54, 1.807) is 36.7 Å². The number of anilines is 1. The third-order valence-corrected chi connectivity index (χ3v) is 4.47. The molecule has 0 aliphatic heterocycles. The Labute approximate surface area is 163 Å². The molecule has 3 aromatic rings. The molecule has 2 aromatic heterocycles. The SMILES string of the molecule is CCCCC(N)CNc1nc(-c2ccncc2)c(-c2ccc(F)cc2)c(=O)[nH]1. The van der Waals surface area contributed by atoms with Crippen LogP contribution in [0.4, 0.5) is 10.3 Å². The van der Waals surface area contributed by atoms with Gasteiger partial charge in [0.05, 0.1) is 11.3 Å². The zero-order chi connectivity index (χ0) is 19.9. The van der Waals surface area contributed by atoms with E-state index in [2.05, 4.69) is 27.2 Å². The van der Waals surface area contributed by atoms with E-state index in [4.69, 9.17) is 5.73 Å². The molecular formula is C21H24FN5O. The molecule has 1 unspecified atom stereocenters. The van der Waals surface area contributed by atoms with E-state index >= 15 is 0 Å². The number of nitrogens with zero attached hydrogens (tertiary/aromatic N) is 2. The minimum absolute atomic E-state index is 0.0218. The van der Waals surface area contributed by atoms with Gasteiger partial charge in [0.2, 0.25) is 5.95 Å². The number of halogens is 1.